The van der Waals surface area contributed by atoms with Gasteiger partial charge in [0.1, 0.15) is 18.0 Å². The maximum absolute atomic E-state index is 12.1. The number of ether oxygens (including phenoxy) is 1. The van der Waals surface area contributed by atoms with Gasteiger partial charge in [0, 0.05) is 24.7 Å². The molecule has 7 nitrogen and oxygen atoms in total. The third kappa shape index (κ3) is 4.50. The molecule has 0 radical (unpaired) electrons. The smallest absolute Gasteiger partial charge is 0.293 e. The number of likely N-dealkylation sites (N-methyl/N-ethyl adjacent to an activating group) is 1. The average Bonchev–Trinajstić information content (AvgIpc) is 3.46. The van der Waals surface area contributed by atoms with Gasteiger partial charge in [0.05, 0.1) is 11.5 Å². The minimum absolute atomic E-state index is 0.0874. The number of benzene rings is 2. The number of nitrogens with one attached hydrogen (secondary N) is 1. The molecule has 0 unspecified atom stereocenters. The predicted octanol–water partition coefficient (Wildman–Crippen LogP) is 3.00. The van der Waals surface area contributed by atoms with Crippen molar-refractivity contribution in [2.24, 2.45) is 0 Å². The minimum atomic E-state index is -0.461. The van der Waals surface area contributed by atoms with Crippen molar-refractivity contribution in [1.29, 1.82) is 0 Å². The second-order valence-electron chi connectivity index (χ2n) is 6.29. The number of rotatable bonds is 8. The van der Waals surface area contributed by atoms with E-state index in [1.807, 2.05) is 30.3 Å². The van der Waals surface area contributed by atoms with E-state index in [2.05, 4.69) is 5.32 Å². The summed E-state index contributed by atoms with van der Waals surface area (Å²) in [5.74, 6) is 0.486. The molecule has 1 amide bonds. The molecule has 136 valence electrons. The van der Waals surface area contributed by atoms with Gasteiger partial charge in [-0.3, -0.25) is 14.9 Å². The lowest BCUT2D eigenvalue weighted by Crippen LogP contribution is -2.26. The van der Waals surface area contributed by atoms with E-state index in [9.17, 15) is 14.9 Å². The molecule has 7 heteroatoms. The lowest BCUT2D eigenvalue weighted by molar-refractivity contribution is -0.384. The average molecular weight is 355 g/mol. The molecule has 2 aromatic carbocycles. The molecule has 1 aliphatic rings. The minimum Gasteiger partial charge on any atom is -0.492 e. The predicted molar refractivity (Wildman–Crippen MR) is 98.8 cm³/mol. The zero-order valence-electron chi connectivity index (χ0n) is 14.6. The van der Waals surface area contributed by atoms with Crippen LogP contribution < -0.4 is 15.0 Å². The largest absolute Gasteiger partial charge is 0.492 e. The fraction of sp³-hybridized carbons (Fsp3) is 0.316. The molecule has 2 aromatic rings. The van der Waals surface area contributed by atoms with E-state index in [0.29, 0.717) is 24.4 Å². The SMILES string of the molecule is CN(CCOc1ccccc1)c1ccc(C(=O)NC2CC2)cc1[N+](=O)[O-]. The van der Waals surface area contributed by atoms with Crippen LogP contribution in [0.25, 0.3) is 0 Å². The van der Waals surface area contributed by atoms with Gasteiger partial charge in [0.15, 0.2) is 0 Å². The van der Waals surface area contributed by atoms with Crippen LogP contribution in [0.4, 0.5) is 11.4 Å². The Morgan fingerprint density at radius 2 is 2.00 bits per heavy atom. The number of para-hydroxylation sites is 1. The Labute approximate surface area is 151 Å². The molecular formula is C19H21N3O4. The van der Waals surface area contributed by atoms with E-state index in [-0.39, 0.29) is 17.6 Å². The summed E-state index contributed by atoms with van der Waals surface area (Å²) in [6, 6.07) is 14.2. The van der Waals surface area contributed by atoms with E-state index >= 15 is 0 Å². The zero-order chi connectivity index (χ0) is 18.5. The van der Waals surface area contributed by atoms with Crippen LogP contribution in [-0.2, 0) is 0 Å². The number of hydrogen-bond acceptors (Lipinski definition) is 5. The van der Waals surface area contributed by atoms with Crippen molar-refractivity contribution >= 4 is 17.3 Å². The third-order valence-corrected chi connectivity index (χ3v) is 4.20. The summed E-state index contributed by atoms with van der Waals surface area (Å²) in [5, 5.41) is 14.3. The molecule has 0 bridgehead atoms. The van der Waals surface area contributed by atoms with E-state index < -0.39 is 4.92 Å². The zero-order valence-corrected chi connectivity index (χ0v) is 14.6. The molecule has 0 aliphatic heterocycles. The van der Waals surface area contributed by atoms with E-state index in [0.717, 1.165) is 18.6 Å². The first-order valence-electron chi connectivity index (χ1n) is 8.53. The fourth-order valence-electron chi connectivity index (χ4n) is 2.57. The van der Waals surface area contributed by atoms with E-state index in [1.54, 1.807) is 24.1 Å². The molecule has 0 aromatic heterocycles. The second-order valence-corrected chi connectivity index (χ2v) is 6.29. The number of amides is 1. The van der Waals surface area contributed by atoms with Crippen molar-refractivity contribution in [3.05, 3.63) is 64.2 Å². The van der Waals surface area contributed by atoms with Crippen LogP contribution in [-0.4, -0.2) is 37.1 Å². The quantitative estimate of drug-likeness (QED) is 0.581. The van der Waals surface area contributed by atoms with Gasteiger partial charge in [-0.15, -0.1) is 0 Å². The van der Waals surface area contributed by atoms with Gasteiger partial charge >= 0.3 is 0 Å². The molecule has 0 heterocycles. The van der Waals surface area contributed by atoms with Crippen molar-refractivity contribution in [3.8, 4) is 5.75 Å². The Kier molecular flexibility index (Phi) is 5.36. The van der Waals surface area contributed by atoms with Crippen molar-refractivity contribution in [2.45, 2.75) is 18.9 Å². The van der Waals surface area contributed by atoms with Gasteiger partial charge < -0.3 is 15.0 Å². The first-order valence-corrected chi connectivity index (χ1v) is 8.53. The highest BCUT2D eigenvalue weighted by molar-refractivity contribution is 5.96. The molecule has 0 atom stereocenters. The molecule has 1 aliphatic carbocycles. The van der Waals surface area contributed by atoms with Crippen molar-refractivity contribution in [3.63, 3.8) is 0 Å². The number of anilines is 1. The Morgan fingerprint density at radius 3 is 2.65 bits per heavy atom. The van der Waals surface area contributed by atoms with E-state index in [1.165, 1.54) is 6.07 Å². The van der Waals surface area contributed by atoms with Crippen LogP contribution >= 0.6 is 0 Å². The van der Waals surface area contributed by atoms with Gasteiger partial charge in [-0.05, 0) is 37.1 Å². The summed E-state index contributed by atoms with van der Waals surface area (Å²) in [6.07, 6.45) is 1.94. The Morgan fingerprint density at radius 1 is 1.27 bits per heavy atom. The molecule has 1 saturated carbocycles. The fourth-order valence-corrected chi connectivity index (χ4v) is 2.57. The Bertz CT molecular complexity index is 791. The van der Waals surface area contributed by atoms with Crippen LogP contribution in [0.2, 0.25) is 0 Å². The number of nitro benzene ring substituents is 1. The summed E-state index contributed by atoms with van der Waals surface area (Å²) >= 11 is 0. The van der Waals surface area contributed by atoms with Crippen molar-refractivity contribution in [2.75, 3.05) is 25.1 Å². The van der Waals surface area contributed by atoms with Crippen molar-refractivity contribution < 1.29 is 14.5 Å². The normalized spacial score (nSPS) is 13.1. The van der Waals surface area contributed by atoms with Gasteiger partial charge in [-0.25, -0.2) is 0 Å². The molecule has 3 rings (SSSR count). The summed E-state index contributed by atoms with van der Waals surface area (Å²) in [5.41, 5.74) is 0.673. The highest BCUT2D eigenvalue weighted by Crippen LogP contribution is 2.29. The second kappa shape index (κ2) is 7.86. The standard InChI is InChI=1S/C19H21N3O4/c1-21(11-12-26-16-5-3-2-4-6-16)17-10-7-14(13-18(17)22(24)25)19(23)20-15-8-9-15/h2-7,10,13,15H,8-9,11-12H2,1H3,(H,20,23). The topological polar surface area (TPSA) is 84.7 Å². The first kappa shape index (κ1) is 17.7. The first-order chi connectivity index (χ1) is 12.5. The van der Waals surface area contributed by atoms with Gasteiger partial charge in [-0.1, -0.05) is 18.2 Å². The van der Waals surface area contributed by atoms with Gasteiger partial charge in [0.25, 0.3) is 11.6 Å². The molecule has 1 fully saturated rings. The number of nitrogens with zero attached hydrogens (tertiary/aromatic N) is 2. The number of hydrogen-bond donors (Lipinski definition) is 1. The lowest BCUT2D eigenvalue weighted by Gasteiger charge is -2.19. The van der Waals surface area contributed by atoms with Crippen LogP contribution in [0.1, 0.15) is 23.2 Å². The molecular weight excluding hydrogens is 334 g/mol. The lowest BCUT2D eigenvalue weighted by atomic mass is 10.1. The van der Waals surface area contributed by atoms with Crippen LogP contribution in [0, 0.1) is 10.1 Å². The molecule has 26 heavy (non-hydrogen) atoms. The maximum atomic E-state index is 12.1. The van der Waals surface area contributed by atoms with Crippen LogP contribution in [0.3, 0.4) is 0 Å². The van der Waals surface area contributed by atoms with Gasteiger partial charge in [0.2, 0.25) is 0 Å². The Hall–Kier alpha value is -3.09. The summed E-state index contributed by atoms with van der Waals surface area (Å²) in [4.78, 5) is 24.9. The Balaban J connectivity index is 1.66. The highest BCUT2D eigenvalue weighted by Gasteiger charge is 2.25. The third-order valence-electron chi connectivity index (χ3n) is 4.20. The summed E-state index contributed by atoms with van der Waals surface area (Å²) in [6.45, 7) is 0.866. The van der Waals surface area contributed by atoms with E-state index in [4.69, 9.17) is 4.74 Å². The van der Waals surface area contributed by atoms with Crippen LogP contribution in [0.5, 0.6) is 5.75 Å². The number of nitro groups is 1. The molecule has 0 saturated heterocycles. The maximum Gasteiger partial charge on any atom is 0.293 e. The number of carbonyl (C=O) groups excluding carboxylic acids is 1. The molecule has 1 N–H and O–H groups in total. The molecule has 0 spiro atoms. The summed E-state index contributed by atoms with van der Waals surface area (Å²) in [7, 11) is 1.76. The monoisotopic (exact) mass is 355 g/mol. The van der Waals surface area contributed by atoms with Crippen LogP contribution in [0.15, 0.2) is 48.5 Å². The highest BCUT2D eigenvalue weighted by atomic mass is 16.6. The summed E-state index contributed by atoms with van der Waals surface area (Å²) < 4.78 is 5.64. The van der Waals surface area contributed by atoms with Crippen molar-refractivity contribution in [1.82, 2.24) is 5.32 Å². The number of carbonyl (C=O) groups is 1. The van der Waals surface area contributed by atoms with Gasteiger partial charge in [-0.2, -0.15) is 0 Å².